The van der Waals surface area contributed by atoms with E-state index in [-0.39, 0.29) is 23.3 Å². The van der Waals surface area contributed by atoms with Gasteiger partial charge in [-0.3, -0.25) is 14.2 Å². The molecule has 26 heavy (non-hydrogen) atoms. The molecule has 3 heterocycles. The van der Waals surface area contributed by atoms with Gasteiger partial charge < -0.3 is 4.90 Å². The minimum Gasteiger partial charge on any atom is -0.309 e. The second-order valence-corrected chi connectivity index (χ2v) is 8.32. The fourth-order valence-electron chi connectivity index (χ4n) is 3.36. The molecule has 0 radical (unpaired) electrons. The van der Waals surface area contributed by atoms with Crippen LogP contribution in [0.15, 0.2) is 45.7 Å². The van der Waals surface area contributed by atoms with E-state index in [1.807, 2.05) is 34.5 Å². The Morgan fingerprint density at radius 1 is 1.35 bits per heavy atom. The first-order valence-electron chi connectivity index (χ1n) is 8.53. The summed E-state index contributed by atoms with van der Waals surface area (Å²) in [6.07, 6.45) is 1.96. The van der Waals surface area contributed by atoms with E-state index >= 15 is 0 Å². The van der Waals surface area contributed by atoms with Crippen molar-refractivity contribution < 1.29 is 4.79 Å². The Labute approximate surface area is 159 Å². The van der Waals surface area contributed by atoms with Crippen molar-refractivity contribution in [2.24, 2.45) is 7.05 Å². The maximum atomic E-state index is 12.9. The lowest BCUT2D eigenvalue weighted by molar-refractivity contribution is -0.116. The molecule has 0 fully saturated rings. The maximum Gasteiger partial charge on any atom is 0.271 e. The highest BCUT2D eigenvalue weighted by atomic mass is 32.2. The van der Waals surface area contributed by atoms with E-state index in [0.29, 0.717) is 15.4 Å². The number of rotatable bonds is 3. The lowest BCUT2D eigenvalue weighted by atomic mass is 9.97. The minimum atomic E-state index is -0.0587. The lowest BCUT2D eigenvalue weighted by Crippen LogP contribution is -2.43. The van der Waals surface area contributed by atoms with Crippen molar-refractivity contribution in [2.45, 2.75) is 31.0 Å². The summed E-state index contributed by atoms with van der Waals surface area (Å²) in [5.74, 6) is 0.309. The monoisotopic (exact) mass is 385 g/mol. The van der Waals surface area contributed by atoms with E-state index in [4.69, 9.17) is 0 Å². The summed E-state index contributed by atoms with van der Waals surface area (Å²) in [7, 11) is 1.71. The summed E-state index contributed by atoms with van der Waals surface area (Å²) in [4.78, 5) is 31.8. The Balaban J connectivity index is 1.58. The van der Waals surface area contributed by atoms with E-state index < -0.39 is 0 Å². The van der Waals surface area contributed by atoms with Gasteiger partial charge in [-0.15, -0.1) is 11.3 Å². The molecule has 1 unspecified atom stereocenters. The fraction of sp³-hybridized carbons (Fsp3) is 0.316. The fourth-order valence-corrected chi connectivity index (χ4v) is 5.00. The molecule has 7 heteroatoms. The van der Waals surface area contributed by atoms with Crippen LogP contribution in [0.25, 0.3) is 10.2 Å². The van der Waals surface area contributed by atoms with E-state index in [1.165, 1.54) is 33.2 Å². The number of aromatic nitrogens is 2. The Morgan fingerprint density at radius 2 is 2.15 bits per heavy atom. The number of carbonyl (C=O) groups excluding carboxylic acids is 1. The second-order valence-electron chi connectivity index (χ2n) is 6.46. The highest BCUT2D eigenvalue weighted by Gasteiger charge is 2.28. The molecular formula is C19H19N3O2S2. The van der Waals surface area contributed by atoms with Crippen LogP contribution in [0.4, 0.5) is 5.69 Å². The number of para-hydroxylation sites is 1. The highest BCUT2D eigenvalue weighted by Crippen LogP contribution is 2.31. The Bertz CT molecular complexity index is 1040. The van der Waals surface area contributed by atoms with E-state index in [1.54, 1.807) is 7.05 Å². The van der Waals surface area contributed by atoms with Crippen molar-refractivity contribution in [1.29, 1.82) is 0 Å². The van der Waals surface area contributed by atoms with Crippen LogP contribution in [-0.2, 0) is 18.3 Å². The number of hydrogen-bond acceptors (Lipinski definition) is 5. The summed E-state index contributed by atoms with van der Waals surface area (Å²) < 4.78 is 2.19. The molecule has 0 N–H and O–H groups in total. The van der Waals surface area contributed by atoms with Gasteiger partial charge in [-0.05, 0) is 42.8 Å². The summed E-state index contributed by atoms with van der Waals surface area (Å²) in [5.41, 5.74) is 2.86. The molecule has 0 bridgehead atoms. The molecular weight excluding hydrogens is 366 g/mol. The largest absolute Gasteiger partial charge is 0.309 e. The standard InChI is InChI=1S/C19H19N3O2S2/c1-12-7-8-13-5-3-4-6-15(13)22(12)16(23)11-26-19-20-14-9-10-25-17(14)18(24)21(19)2/h3-6,9-10,12H,7-8,11H2,1-2H3. The SMILES string of the molecule is CC1CCc2ccccc2N1C(=O)CSc1nc2ccsc2c(=O)n1C. The number of thiophene rings is 1. The van der Waals surface area contributed by atoms with Gasteiger partial charge in [0.25, 0.3) is 5.56 Å². The van der Waals surface area contributed by atoms with Gasteiger partial charge in [0.2, 0.25) is 5.91 Å². The third-order valence-electron chi connectivity index (χ3n) is 4.76. The lowest BCUT2D eigenvalue weighted by Gasteiger charge is -2.35. The van der Waals surface area contributed by atoms with Crippen LogP contribution >= 0.6 is 23.1 Å². The predicted octanol–water partition coefficient (Wildman–Crippen LogP) is 3.46. The number of fused-ring (bicyclic) bond motifs is 2. The molecule has 2 aromatic heterocycles. The number of amides is 1. The maximum absolute atomic E-state index is 12.9. The molecule has 5 nitrogen and oxygen atoms in total. The van der Waals surface area contributed by atoms with Crippen molar-refractivity contribution in [3.63, 3.8) is 0 Å². The van der Waals surface area contributed by atoms with E-state index in [9.17, 15) is 9.59 Å². The molecule has 1 amide bonds. The number of anilines is 1. The van der Waals surface area contributed by atoms with Crippen LogP contribution in [0.2, 0.25) is 0 Å². The summed E-state index contributed by atoms with van der Waals surface area (Å²) >= 11 is 2.72. The van der Waals surface area contributed by atoms with Crippen molar-refractivity contribution >= 4 is 44.9 Å². The minimum absolute atomic E-state index is 0.0503. The van der Waals surface area contributed by atoms with Gasteiger partial charge in [0.1, 0.15) is 4.70 Å². The summed E-state index contributed by atoms with van der Waals surface area (Å²) in [6, 6.07) is 10.1. The average molecular weight is 386 g/mol. The molecule has 1 aliphatic heterocycles. The number of hydrogen-bond donors (Lipinski definition) is 0. The number of nitrogens with zero attached hydrogens (tertiary/aromatic N) is 3. The number of carbonyl (C=O) groups is 1. The normalized spacial score (nSPS) is 16.7. The molecule has 4 rings (SSSR count). The highest BCUT2D eigenvalue weighted by molar-refractivity contribution is 7.99. The quantitative estimate of drug-likeness (QED) is 0.512. The molecule has 3 aromatic rings. The zero-order valence-electron chi connectivity index (χ0n) is 14.6. The van der Waals surface area contributed by atoms with Crippen LogP contribution in [0, 0.1) is 0 Å². The molecule has 1 atom stereocenters. The zero-order valence-corrected chi connectivity index (χ0v) is 16.3. The van der Waals surface area contributed by atoms with Gasteiger partial charge >= 0.3 is 0 Å². The third-order valence-corrected chi connectivity index (χ3v) is 6.67. The molecule has 0 aliphatic carbocycles. The number of thioether (sulfide) groups is 1. The molecule has 1 aromatic carbocycles. The molecule has 0 saturated heterocycles. The first kappa shape index (κ1) is 17.3. The van der Waals surface area contributed by atoms with Crippen LogP contribution in [0.5, 0.6) is 0 Å². The van der Waals surface area contributed by atoms with Gasteiger partial charge in [-0.25, -0.2) is 4.98 Å². The van der Waals surface area contributed by atoms with E-state index in [0.717, 1.165) is 18.5 Å². The van der Waals surface area contributed by atoms with Gasteiger partial charge in [0.05, 0.1) is 11.3 Å². The van der Waals surface area contributed by atoms with Crippen molar-refractivity contribution in [2.75, 3.05) is 10.7 Å². The predicted molar refractivity (Wildman–Crippen MR) is 107 cm³/mol. The van der Waals surface area contributed by atoms with Crippen molar-refractivity contribution in [1.82, 2.24) is 9.55 Å². The van der Waals surface area contributed by atoms with Crippen LogP contribution < -0.4 is 10.5 Å². The smallest absolute Gasteiger partial charge is 0.271 e. The van der Waals surface area contributed by atoms with Crippen LogP contribution in [-0.4, -0.2) is 27.3 Å². The molecule has 1 aliphatic rings. The zero-order chi connectivity index (χ0) is 18.3. The van der Waals surface area contributed by atoms with Gasteiger partial charge in [-0.2, -0.15) is 0 Å². The summed E-state index contributed by atoms with van der Waals surface area (Å²) in [5, 5.41) is 2.44. The van der Waals surface area contributed by atoms with Crippen LogP contribution in [0.1, 0.15) is 18.9 Å². The molecule has 134 valence electrons. The Hall–Kier alpha value is -2.12. The number of benzene rings is 1. The van der Waals surface area contributed by atoms with Crippen molar-refractivity contribution in [3.8, 4) is 0 Å². The second kappa shape index (κ2) is 6.89. The van der Waals surface area contributed by atoms with Gasteiger partial charge in [0.15, 0.2) is 5.16 Å². The Morgan fingerprint density at radius 3 is 3.00 bits per heavy atom. The van der Waals surface area contributed by atoms with Crippen LogP contribution in [0.3, 0.4) is 0 Å². The number of aryl methyl sites for hydroxylation is 1. The van der Waals surface area contributed by atoms with E-state index in [2.05, 4.69) is 18.0 Å². The van der Waals surface area contributed by atoms with Gasteiger partial charge in [-0.1, -0.05) is 30.0 Å². The first-order chi connectivity index (χ1) is 12.6. The molecule has 0 spiro atoms. The first-order valence-corrected chi connectivity index (χ1v) is 10.4. The summed E-state index contributed by atoms with van der Waals surface area (Å²) in [6.45, 7) is 2.09. The average Bonchev–Trinajstić information content (AvgIpc) is 3.12. The Kier molecular flexibility index (Phi) is 4.58. The van der Waals surface area contributed by atoms with Crippen molar-refractivity contribution in [3.05, 3.63) is 51.6 Å². The topological polar surface area (TPSA) is 55.2 Å². The third kappa shape index (κ3) is 2.95. The molecule has 0 saturated carbocycles. The van der Waals surface area contributed by atoms with Gasteiger partial charge in [0, 0.05) is 18.8 Å².